The van der Waals surface area contributed by atoms with E-state index in [0.29, 0.717) is 5.56 Å². The van der Waals surface area contributed by atoms with Gasteiger partial charge in [-0.15, -0.1) is 0 Å². The maximum atomic E-state index is 10.8. The number of carboxylic acid groups (broad SMARTS) is 1. The number of H-pyrrole nitrogens is 1. The summed E-state index contributed by atoms with van der Waals surface area (Å²) in [6.07, 6.45) is 1.50. The van der Waals surface area contributed by atoms with Crippen molar-refractivity contribution < 1.29 is 9.90 Å². The zero-order valence-corrected chi connectivity index (χ0v) is 8.13. The van der Waals surface area contributed by atoms with Gasteiger partial charge in [0, 0.05) is 21.6 Å². The lowest BCUT2D eigenvalue weighted by atomic mass is 10.2. The van der Waals surface area contributed by atoms with Gasteiger partial charge >= 0.3 is 5.97 Å². The molecule has 0 amide bonds. The Balaban J connectivity index is 2.79. The van der Waals surface area contributed by atoms with Crippen LogP contribution in [0.15, 0.2) is 28.9 Å². The highest BCUT2D eigenvalue weighted by atomic mass is 79.9. The number of carbonyl (C=O) groups is 1. The number of fused-ring (bicyclic) bond motifs is 1. The van der Waals surface area contributed by atoms with E-state index in [4.69, 9.17) is 5.11 Å². The fourth-order valence-corrected chi connectivity index (χ4v) is 1.63. The second kappa shape index (κ2) is 2.88. The molecule has 0 atom stereocenters. The predicted octanol–water partition coefficient (Wildman–Crippen LogP) is 2.63. The molecule has 1 aromatic heterocycles. The Morgan fingerprint density at radius 1 is 1.46 bits per heavy atom. The van der Waals surface area contributed by atoms with E-state index in [1.54, 1.807) is 6.07 Å². The molecule has 2 rings (SSSR count). The van der Waals surface area contributed by atoms with Crippen molar-refractivity contribution in [1.82, 2.24) is 4.98 Å². The summed E-state index contributed by atoms with van der Waals surface area (Å²) in [5.41, 5.74) is 1.14. The van der Waals surface area contributed by atoms with Gasteiger partial charge in [0.25, 0.3) is 0 Å². The van der Waals surface area contributed by atoms with E-state index < -0.39 is 5.97 Å². The Morgan fingerprint density at radius 2 is 2.23 bits per heavy atom. The quantitative estimate of drug-likeness (QED) is 0.804. The van der Waals surface area contributed by atoms with Crippen LogP contribution in [0.3, 0.4) is 0 Å². The maximum absolute atomic E-state index is 10.8. The molecule has 0 aliphatic heterocycles. The highest BCUT2D eigenvalue weighted by Gasteiger charge is 2.09. The molecule has 0 aliphatic carbocycles. The summed E-state index contributed by atoms with van der Waals surface area (Å²) in [5, 5.41) is 9.55. The van der Waals surface area contributed by atoms with Gasteiger partial charge in [0.15, 0.2) is 0 Å². The van der Waals surface area contributed by atoms with Crippen LogP contribution >= 0.6 is 15.9 Å². The van der Waals surface area contributed by atoms with Crippen LogP contribution < -0.4 is 0 Å². The predicted molar refractivity (Wildman–Crippen MR) is 53.0 cm³/mol. The lowest BCUT2D eigenvalue weighted by Gasteiger charge is -1.92. The second-order valence-corrected chi connectivity index (χ2v) is 3.61. The topological polar surface area (TPSA) is 53.1 Å². The minimum absolute atomic E-state index is 0.302. The van der Waals surface area contributed by atoms with Gasteiger partial charge in [-0.25, -0.2) is 4.79 Å². The summed E-state index contributed by atoms with van der Waals surface area (Å²) in [7, 11) is 0. The Labute approximate surface area is 82.5 Å². The van der Waals surface area contributed by atoms with Gasteiger partial charge in [-0.2, -0.15) is 0 Å². The fourth-order valence-electron chi connectivity index (χ4n) is 1.27. The van der Waals surface area contributed by atoms with Crippen LogP contribution in [0.4, 0.5) is 0 Å². The third kappa shape index (κ3) is 1.33. The zero-order chi connectivity index (χ0) is 9.42. The first-order valence-electron chi connectivity index (χ1n) is 3.68. The molecule has 1 heterocycles. The van der Waals surface area contributed by atoms with Crippen molar-refractivity contribution in [3.05, 3.63) is 34.4 Å². The summed E-state index contributed by atoms with van der Waals surface area (Å²) in [4.78, 5) is 13.6. The van der Waals surface area contributed by atoms with E-state index in [1.807, 2.05) is 12.1 Å². The standard InChI is InChI=1S/C9H6BrNO2/c10-5-1-2-8-6(3-5)7(4-11-8)9(12)13/h1-4,11H,(H,12,13). The minimum atomic E-state index is -0.913. The molecule has 0 aliphatic rings. The number of carboxylic acids is 1. The monoisotopic (exact) mass is 239 g/mol. The molecule has 4 heteroatoms. The van der Waals surface area contributed by atoms with Crippen LogP contribution in [0.25, 0.3) is 10.9 Å². The molecule has 3 nitrogen and oxygen atoms in total. The summed E-state index contributed by atoms with van der Waals surface area (Å²) in [5.74, 6) is -0.913. The van der Waals surface area contributed by atoms with Crippen molar-refractivity contribution in [1.29, 1.82) is 0 Å². The van der Waals surface area contributed by atoms with Crippen molar-refractivity contribution in [3.8, 4) is 0 Å². The molecular weight excluding hydrogens is 234 g/mol. The molecule has 0 bridgehead atoms. The van der Waals surface area contributed by atoms with Crippen molar-refractivity contribution in [2.45, 2.75) is 0 Å². The smallest absolute Gasteiger partial charge is 0.337 e. The lowest BCUT2D eigenvalue weighted by Crippen LogP contribution is -1.93. The van der Waals surface area contributed by atoms with Crippen LogP contribution in [0.1, 0.15) is 10.4 Å². The molecule has 13 heavy (non-hydrogen) atoms. The maximum Gasteiger partial charge on any atom is 0.337 e. The van der Waals surface area contributed by atoms with Crippen LogP contribution in [-0.2, 0) is 0 Å². The molecule has 0 spiro atoms. The number of aromatic nitrogens is 1. The molecule has 0 unspecified atom stereocenters. The van der Waals surface area contributed by atoms with Gasteiger partial charge in [-0.1, -0.05) is 15.9 Å². The molecule has 0 saturated heterocycles. The first-order chi connectivity index (χ1) is 6.18. The Morgan fingerprint density at radius 3 is 2.92 bits per heavy atom. The molecule has 2 N–H and O–H groups in total. The van der Waals surface area contributed by atoms with E-state index in [2.05, 4.69) is 20.9 Å². The zero-order valence-electron chi connectivity index (χ0n) is 6.54. The summed E-state index contributed by atoms with van der Waals surface area (Å²) in [6, 6.07) is 5.49. The molecule has 1 aromatic carbocycles. The van der Waals surface area contributed by atoms with E-state index in [0.717, 1.165) is 15.4 Å². The number of aromatic carboxylic acids is 1. The molecule has 0 radical (unpaired) electrons. The second-order valence-electron chi connectivity index (χ2n) is 2.70. The number of hydrogen-bond acceptors (Lipinski definition) is 1. The highest BCUT2D eigenvalue weighted by molar-refractivity contribution is 9.10. The van der Waals surface area contributed by atoms with Gasteiger partial charge in [0.2, 0.25) is 0 Å². The Bertz CT molecular complexity index is 475. The van der Waals surface area contributed by atoms with E-state index in [1.165, 1.54) is 6.20 Å². The van der Waals surface area contributed by atoms with Gasteiger partial charge in [0.1, 0.15) is 0 Å². The van der Waals surface area contributed by atoms with Gasteiger partial charge in [-0.3, -0.25) is 0 Å². The number of halogens is 1. The lowest BCUT2D eigenvalue weighted by molar-refractivity contribution is 0.0699. The number of nitrogens with one attached hydrogen (secondary N) is 1. The number of hydrogen-bond donors (Lipinski definition) is 2. The minimum Gasteiger partial charge on any atom is -0.478 e. The van der Waals surface area contributed by atoms with Crippen LogP contribution in [0.5, 0.6) is 0 Å². The van der Waals surface area contributed by atoms with Crippen LogP contribution in [0.2, 0.25) is 0 Å². The molecular formula is C9H6BrNO2. The van der Waals surface area contributed by atoms with Crippen molar-refractivity contribution in [2.75, 3.05) is 0 Å². The van der Waals surface area contributed by atoms with Gasteiger partial charge in [-0.05, 0) is 18.2 Å². The first-order valence-corrected chi connectivity index (χ1v) is 4.48. The summed E-state index contributed by atoms with van der Waals surface area (Å²) >= 11 is 3.29. The number of aromatic amines is 1. The molecule has 2 aromatic rings. The fraction of sp³-hybridized carbons (Fsp3) is 0. The first kappa shape index (κ1) is 8.31. The normalized spacial score (nSPS) is 10.5. The van der Waals surface area contributed by atoms with Crippen LogP contribution in [-0.4, -0.2) is 16.1 Å². The summed E-state index contributed by atoms with van der Waals surface area (Å²) < 4.78 is 0.877. The van der Waals surface area contributed by atoms with Gasteiger partial charge < -0.3 is 10.1 Å². The molecule has 0 fully saturated rings. The van der Waals surface area contributed by atoms with Crippen molar-refractivity contribution >= 4 is 32.8 Å². The average molecular weight is 240 g/mol. The van der Waals surface area contributed by atoms with Crippen molar-refractivity contribution in [3.63, 3.8) is 0 Å². The largest absolute Gasteiger partial charge is 0.478 e. The summed E-state index contributed by atoms with van der Waals surface area (Å²) in [6.45, 7) is 0. The van der Waals surface area contributed by atoms with Crippen molar-refractivity contribution in [2.24, 2.45) is 0 Å². The number of benzene rings is 1. The SMILES string of the molecule is O=C(O)c1c[nH]c2ccc(Br)cc12. The van der Waals surface area contributed by atoms with Gasteiger partial charge in [0.05, 0.1) is 5.56 Å². The average Bonchev–Trinajstić information content (AvgIpc) is 2.46. The Kier molecular flexibility index (Phi) is 1.84. The molecule has 0 saturated carbocycles. The third-order valence-electron chi connectivity index (χ3n) is 1.87. The van der Waals surface area contributed by atoms with Crippen LogP contribution in [0, 0.1) is 0 Å². The van der Waals surface area contributed by atoms with E-state index in [9.17, 15) is 4.79 Å². The van der Waals surface area contributed by atoms with E-state index in [-0.39, 0.29) is 0 Å². The molecule has 66 valence electrons. The number of rotatable bonds is 1. The highest BCUT2D eigenvalue weighted by Crippen LogP contribution is 2.22. The Hall–Kier alpha value is -1.29. The van der Waals surface area contributed by atoms with E-state index >= 15 is 0 Å². The third-order valence-corrected chi connectivity index (χ3v) is 2.37.